The largest absolute Gasteiger partial charge is 0.465 e. The molecule has 8 nitrogen and oxygen atoms in total. The molecule has 0 radical (unpaired) electrons. The highest BCUT2D eigenvalue weighted by Gasteiger charge is 2.69. The molecule has 3 aliphatic heterocycles. The minimum atomic E-state index is -1.47. The van der Waals surface area contributed by atoms with E-state index in [0.29, 0.717) is 6.61 Å². The first-order chi connectivity index (χ1) is 13.1. The van der Waals surface area contributed by atoms with Gasteiger partial charge in [0, 0.05) is 0 Å². The van der Waals surface area contributed by atoms with Crippen molar-refractivity contribution in [1.82, 2.24) is 0 Å². The first kappa shape index (κ1) is 22.1. The van der Waals surface area contributed by atoms with Crippen molar-refractivity contribution in [2.24, 2.45) is 0 Å². The summed E-state index contributed by atoms with van der Waals surface area (Å²) in [6.45, 7) is 13.4. The van der Waals surface area contributed by atoms with Gasteiger partial charge in [0.15, 0.2) is 16.4 Å². The summed E-state index contributed by atoms with van der Waals surface area (Å²) in [7, 11) is 0. The zero-order chi connectivity index (χ0) is 20.7. The maximum Gasteiger partial charge on any atom is 0.325 e. The third kappa shape index (κ3) is 4.03. The zero-order valence-electron chi connectivity index (χ0n) is 16.9. The molecule has 28 heavy (non-hydrogen) atoms. The van der Waals surface area contributed by atoms with E-state index in [1.165, 1.54) is 0 Å². The van der Waals surface area contributed by atoms with Crippen LogP contribution in [0.3, 0.4) is 0 Å². The molecule has 6 atom stereocenters. The molecular weight excluding hydrogens is 436 g/mol. The predicted molar refractivity (Wildman–Crippen MR) is 102 cm³/mol. The van der Waals surface area contributed by atoms with Crippen molar-refractivity contribution >= 4 is 21.9 Å². The molecule has 0 aromatic carbocycles. The number of hydrogen-bond acceptors (Lipinski definition) is 8. The lowest BCUT2D eigenvalue weighted by molar-refractivity contribution is -0.297. The number of fused-ring (bicyclic) bond motifs is 1. The van der Waals surface area contributed by atoms with Crippen molar-refractivity contribution in [2.45, 2.75) is 81.2 Å². The second-order valence-corrected chi connectivity index (χ2v) is 8.82. The van der Waals surface area contributed by atoms with Crippen molar-refractivity contribution < 1.29 is 38.0 Å². The van der Waals surface area contributed by atoms with Crippen LogP contribution in [0.15, 0.2) is 12.7 Å². The van der Waals surface area contributed by atoms with Crippen LogP contribution in [0.4, 0.5) is 0 Å². The van der Waals surface area contributed by atoms with Gasteiger partial charge in [-0.1, -0.05) is 22.0 Å². The standard InChI is InChI=1S/C19H29BrO8/c1-7-9-23-19(14(20)16(21)22-8-2)15-13(26-18(5,6)28-15)12(27-19)11-10-24-17(3,4)25-11/h7,11-15H,1,8-10H2,2-6H3/t11-,12-,13-,14?,15-,19-/m1/s1. The number of rotatable bonds is 7. The molecule has 0 aromatic rings. The van der Waals surface area contributed by atoms with Crippen molar-refractivity contribution in [3.8, 4) is 0 Å². The molecule has 0 amide bonds. The minimum absolute atomic E-state index is 0.148. The minimum Gasteiger partial charge on any atom is -0.465 e. The van der Waals surface area contributed by atoms with Crippen LogP contribution in [-0.4, -0.2) is 72.4 Å². The van der Waals surface area contributed by atoms with Gasteiger partial charge < -0.3 is 33.2 Å². The van der Waals surface area contributed by atoms with Crippen LogP contribution in [0, 0.1) is 0 Å². The third-order valence-electron chi connectivity index (χ3n) is 4.84. The smallest absolute Gasteiger partial charge is 0.325 e. The van der Waals surface area contributed by atoms with Crippen molar-refractivity contribution in [3.63, 3.8) is 0 Å². The quantitative estimate of drug-likeness (QED) is 0.322. The van der Waals surface area contributed by atoms with E-state index >= 15 is 0 Å². The van der Waals surface area contributed by atoms with Gasteiger partial charge in [0.2, 0.25) is 5.79 Å². The molecule has 0 aromatic heterocycles. The van der Waals surface area contributed by atoms with Gasteiger partial charge in [0.05, 0.1) is 19.8 Å². The van der Waals surface area contributed by atoms with Gasteiger partial charge in [-0.05, 0) is 34.6 Å². The summed E-state index contributed by atoms with van der Waals surface area (Å²) in [6, 6.07) is 0. The Morgan fingerprint density at radius 2 is 1.89 bits per heavy atom. The highest BCUT2D eigenvalue weighted by atomic mass is 79.9. The number of esters is 1. The summed E-state index contributed by atoms with van der Waals surface area (Å²) in [5.74, 6) is -3.60. The summed E-state index contributed by atoms with van der Waals surface area (Å²) < 4.78 is 41.5. The van der Waals surface area contributed by atoms with Gasteiger partial charge in [-0.3, -0.25) is 4.79 Å². The van der Waals surface area contributed by atoms with Crippen LogP contribution < -0.4 is 0 Å². The number of halogens is 1. The van der Waals surface area contributed by atoms with E-state index in [1.54, 1.807) is 13.0 Å². The first-order valence-electron chi connectivity index (χ1n) is 9.46. The summed E-state index contributed by atoms with van der Waals surface area (Å²) in [5, 5.41) is 0. The lowest BCUT2D eigenvalue weighted by Gasteiger charge is -2.37. The molecule has 3 rings (SSSR count). The number of ether oxygens (including phenoxy) is 7. The summed E-state index contributed by atoms with van der Waals surface area (Å²) in [6.07, 6.45) is -0.591. The molecule has 9 heteroatoms. The second kappa shape index (κ2) is 7.94. The average Bonchev–Trinajstić information content (AvgIpc) is 3.22. The van der Waals surface area contributed by atoms with E-state index in [4.69, 9.17) is 33.2 Å². The average molecular weight is 465 g/mol. The van der Waals surface area contributed by atoms with Gasteiger partial charge in [0.25, 0.3) is 0 Å². The Bertz CT molecular complexity index is 609. The third-order valence-corrected chi connectivity index (χ3v) is 5.85. The lowest BCUT2D eigenvalue weighted by atomic mass is 10.00. The highest BCUT2D eigenvalue weighted by Crippen LogP contribution is 2.50. The molecule has 1 unspecified atom stereocenters. The molecule has 0 bridgehead atoms. The first-order valence-corrected chi connectivity index (χ1v) is 10.4. The number of carbonyl (C=O) groups is 1. The highest BCUT2D eigenvalue weighted by molar-refractivity contribution is 9.10. The van der Waals surface area contributed by atoms with E-state index in [0.717, 1.165) is 0 Å². The summed E-state index contributed by atoms with van der Waals surface area (Å²) in [5.41, 5.74) is 0. The maximum absolute atomic E-state index is 12.6. The Kier molecular flexibility index (Phi) is 6.28. The topological polar surface area (TPSA) is 81.7 Å². The SMILES string of the molecule is C=CCO[C@]1(C(Br)C(=O)OCC)O[C@H]([C@H]2COC(C)(C)O2)[C@H]2OC(C)(C)O[C@H]21. The Hall–Kier alpha value is -0.550. The van der Waals surface area contributed by atoms with E-state index in [9.17, 15) is 4.79 Å². The zero-order valence-corrected chi connectivity index (χ0v) is 18.5. The van der Waals surface area contributed by atoms with Gasteiger partial charge in [0.1, 0.15) is 24.4 Å². The van der Waals surface area contributed by atoms with E-state index in [2.05, 4.69) is 22.5 Å². The number of carbonyl (C=O) groups excluding carboxylic acids is 1. The van der Waals surface area contributed by atoms with Crippen LogP contribution in [0.5, 0.6) is 0 Å². The normalized spacial score (nSPS) is 39.5. The predicted octanol–water partition coefficient (Wildman–Crippen LogP) is 2.28. The maximum atomic E-state index is 12.6. The summed E-state index contributed by atoms with van der Waals surface area (Å²) >= 11 is 3.42. The van der Waals surface area contributed by atoms with Gasteiger partial charge in [-0.2, -0.15) is 0 Å². The van der Waals surface area contributed by atoms with Gasteiger partial charge in [-0.15, -0.1) is 6.58 Å². The fourth-order valence-corrected chi connectivity index (χ4v) is 4.45. The van der Waals surface area contributed by atoms with Crippen LogP contribution >= 0.6 is 15.9 Å². The molecule has 3 aliphatic rings. The van der Waals surface area contributed by atoms with Crippen LogP contribution in [0.2, 0.25) is 0 Å². The lowest BCUT2D eigenvalue weighted by Crippen LogP contribution is -2.55. The van der Waals surface area contributed by atoms with E-state index < -0.39 is 52.6 Å². The Morgan fingerprint density at radius 1 is 1.18 bits per heavy atom. The van der Waals surface area contributed by atoms with E-state index in [-0.39, 0.29) is 13.2 Å². The molecule has 0 spiro atoms. The molecule has 160 valence electrons. The van der Waals surface area contributed by atoms with E-state index in [1.807, 2.05) is 27.7 Å². The number of alkyl halides is 1. The fraction of sp³-hybridized carbons (Fsp3) is 0.842. The molecular formula is C19H29BrO8. The molecule has 0 saturated carbocycles. The van der Waals surface area contributed by atoms with Crippen LogP contribution in [0.25, 0.3) is 0 Å². The van der Waals surface area contributed by atoms with Crippen LogP contribution in [0.1, 0.15) is 34.6 Å². The molecule has 3 fully saturated rings. The molecule has 3 heterocycles. The van der Waals surface area contributed by atoms with Crippen molar-refractivity contribution in [1.29, 1.82) is 0 Å². The Morgan fingerprint density at radius 3 is 2.46 bits per heavy atom. The van der Waals surface area contributed by atoms with Gasteiger partial charge >= 0.3 is 5.97 Å². The molecule has 3 saturated heterocycles. The monoisotopic (exact) mass is 464 g/mol. The molecule has 0 N–H and O–H groups in total. The number of hydrogen-bond donors (Lipinski definition) is 0. The van der Waals surface area contributed by atoms with Crippen molar-refractivity contribution in [3.05, 3.63) is 12.7 Å². The van der Waals surface area contributed by atoms with Crippen molar-refractivity contribution in [2.75, 3.05) is 19.8 Å². The van der Waals surface area contributed by atoms with Crippen LogP contribution in [-0.2, 0) is 38.0 Å². The second-order valence-electron chi connectivity index (χ2n) is 7.91. The Balaban J connectivity index is 1.95. The fourth-order valence-electron chi connectivity index (χ4n) is 3.81. The summed E-state index contributed by atoms with van der Waals surface area (Å²) in [4.78, 5) is 11.6. The van der Waals surface area contributed by atoms with Gasteiger partial charge in [-0.25, -0.2) is 0 Å². The Labute approximate surface area is 173 Å². The molecule has 0 aliphatic carbocycles.